The van der Waals surface area contributed by atoms with Gasteiger partial charge in [0.25, 0.3) is 5.56 Å². The van der Waals surface area contributed by atoms with Gasteiger partial charge in [0.1, 0.15) is 0 Å². The Kier molecular flexibility index (Phi) is 4.56. The molecule has 1 heterocycles. The fourth-order valence-electron chi connectivity index (χ4n) is 2.03. The van der Waals surface area contributed by atoms with Gasteiger partial charge in [0, 0.05) is 14.7 Å². The van der Waals surface area contributed by atoms with Gasteiger partial charge in [-0.05, 0) is 35.9 Å². The largest absolute Gasteiger partial charge is 0.334 e. The number of thioether (sulfide) groups is 1. The third-order valence-electron chi connectivity index (χ3n) is 3.09. The van der Waals surface area contributed by atoms with Gasteiger partial charge >= 0.3 is 0 Å². The van der Waals surface area contributed by atoms with Gasteiger partial charge < -0.3 is 5.84 Å². The first-order chi connectivity index (χ1) is 10.5. The van der Waals surface area contributed by atoms with E-state index in [2.05, 4.69) is 36.8 Å². The maximum atomic E-state index is 12.3. The monoisotopic (exact) mass is 439 g/mol. The van der Waals surface area contributed by atoms with Crippen molar-refractivity contribution in [2.45, 2.75) is 10.9 Å². The number of nitrogens with zero attached hydrogens (tertiary/aromatic N) is 2. The molecule has 4 nitrogen and oxygen atoms in total. The molecule has 0 radical (unpaired) electrons. The molecule has 0 atom stereocenters. The van der Waals surface area contributed by atoms with Crippen LogP contribution in [0.25, 0.3) is 10.9 Å². The van der Waals surface area contributed by atoms with E-state index in [1.54, 1.807) is 6.07 Å². The van der Waals surface area contributed by atoms with Crippen molar-refractivity contribution in [1.82, 2.24) is 9.66 Å². The summed E-state index contributed by atoms with van der Waals surface area (Å²) in [7, 11) is 0. The topological polar surface area (TPSA) is 60.9 Å². The van der Waals surface area contributed by atoms with Gasteiger partial charge in [0.15, 0.2) is 5.16 Å². The summed E-state index contributed by atoms with van der Waals surface area (Å²) in [5, 5.41) is 1.00. The number of nitrogen functional groups attached to an aromatic ring is 1. The smallest absolute Gasteiger partial charge is 0.280 e. The molecule has 3 aromatic rings. The number of rotatable bonds is 3. The molecule has 2 N–H and O–H groups in total. The third-order valence-corrected chi connectivity index (χ3v) is 5.10. The highest BCUT2D eigenvalue weighted by Crippen LogP contribution is 2.23. The van der Waals surface area contributed by atoms with Gasteiger partial charge in [-0.3, -0.25) is 4.79 Å². The molecule has 2 aromatic carbocycles. The van der Waals surface area contributed by atoms with E-state index in [9.17, 15) is 4.79 Å². The van der Waals surface area contributed by atoms with Crippen molar-refractivity contribution in [2.75, 3.05) is 5.84 Å². The number of fused-ring (bicyclic) bond motifs is 1. The van der Waals surface area contributed by atoms with Gasteiger partial charge in [-0.2, -0.15) is 0 Å². The van der Waals surface area contributed by atoms with Gasteiger partial charge in [-0.25, -0.2) is 9.66 Å². The summed E-state index contributed by atoms with van der Waals surface area (Å²) in [5.41, 5.74) is 1.53. The highest BCUT2D eigenvalue weighted by Gasteiger charge is 2.10. The molecule has 0 amide bonds. The first-order valence-corrected chi connectivity index (χ1v) is 8.96. The molecule has 0 aliphatic rings. The average Bonchev–Trinajstić information content (AvgIpc) is 2.50. The average molecular weight is 441 g/mol. The summed E-state index contributed by atoms with van der Waals surface area (Å²) < 4.78 is 2.96. The van der Waals surface area contributed by atoms with E-state index in [0.29, 0.717) is 21.8 Å². The lowest BCUT2D eigenvalue weighted by atomic mass is 10.2. The predicted molar refractivity (Wildman–Crippen MR) is 97.6 cm³/mol. The summed E-state index contributed by atoms with van der Waals surface area (Å²) in [5.74, 6) is 6.57. The minimum atomic E-state index is -0.247. The predicted octanol–water partition coefficient (Wildman–Crippen LogP) is 3.93. The van der Waals surface area contributed by atoms with Gasteiger partial charge in [0.05, 0.1) is 10.9 Å². The van der Waals surface area contributed by atoms with Crippen molar-refractivity contribution in [3.05, 3.63) is 67.3 Å². The molecule has 0 bridgehead atoms. The molecule has 0 aliphatic carbocycles. The van der Waals surface area contributed by atoms with Crippen molar-refractivity contribution in [1.29, 1.82) is 0 Å². The highest BCUT2D eigenvalue weighted by molar-refractivity contribution is 9.10. The fraction of sp³-hybridized carbons (Fsp3) is 0.0667. The van der Waals surface area contributed by atoms with Crippen LogP contribution in [0, 0.1) is 0 Å². The summed E-state index contributed by atoms with van der Waals surface area (Å²) in [4.78, 5) is 16.8. The van der Waals surface area contributed by atoms with Crippen LogP contribution in [0.4, 0.5) is 0 Å². The second-order valence-corrected chi connectivity index (χ2v) is 7.42. The first-order valence-electron chi connectivity index (χ1n) is 6.39. The van der Waals surface area contributed by atoms with Crippen LogP contribution in [0.5, 0.6) is 0 Å². The molecule has 0 fully saturated rings. The minimum absolute atomic E-state index is 0.247. The van der Waals surface area contributed by atoms with Gasteiger partial charge in [-0.1, -0.05) is 55.8 Å². The molecular weight excluding hydrogens is 430 g/mol. The molecule has 0 saturated carbocycles. The van der Waals surface area contributed by atoms with E-state index in [4.69, 9.17) is 5.84 Å². The Morgan fingerprint density at radius 3 is 2.68 bits per heavy atom. The molecule has 22 heavy (non-hydrogen) atoms. The normalized spacial score (nSPS) is 11.0. The van der Waals surface area contributed by atoms with Crippen LogP contribution >= 0.6 is 43.6 Å². The van der Waals surface area contributed by atoms with Crippen LogP contribution in [-0.4, -0.2) is 9.66 Å². The number of benzene rings is 2. The van der Waals surface area contributed by atoms with Crippen molar-refractivity contribution in [2.24, 2.45) is 0 Å². The zero-order valence-electron chi connectivity index (χ0n) is 11.3. The van der Waals surface area contributed by atoms with Crippen LogP contribution in [-0.2, 0) is 5.75 Å². The number of hydrogen-bond donors (Lipinski definition) is 1. The van der Waals surface area contributed by atoms with Gasteiger partial charge in [0.2, 0.25) is 0 Å². The molecule has 0 spiro atoms. The minimum Gasteiger partial charge on any atom is -0.334 e. The first kappa shape index (κ1) is 15.6. The SMILES string of the molecule is Nn1c(SCc2cccc(Br)c2)nc2ccc(Br)cc2c1=O. The number of hydrogen-bond acceptors (Lipinski definition) is 4. The van der Waals surface area contributed by atoms with Crippen molar-refractivity contribution in [3.63, 3.8) is 0 Å². The molecule has 0 saturated heterocycles. The summed E-state index contributed by atoms with van der Waals surface area (Å²) in [6.07, 6.45) is 0. The van der Waals surface area contributed by atoms with Crippen molar-refractivity contribution < 1.29 is 0 Å². The lowest BCUT2D eigenvalue weighted by Gasteiger charge is -2.08. The van der Waals surface area contributed by atoms with E-state index in [-0.39, 0.29) is 5.56 Å². The Morgan fingerprint density at radius 1 is 1.14 bits per heavy atom. The van der Waals surface area contributed by atoms with Crippen molar-refractivity contribution in [3.8, 4) is 0 Å². The second kappa shape index (κ2) is 6.44. The molecule has 112 valence electrons. The van der Waals surface area contributed by atoms with Crippen LogP contribution < -0.4 is 11.4 Å². The van der Waals surface area contributed by atoms with Crippen molar-refractivity contribution >= 4 is 54.5 Å². The van der Waals surface area contributed by atoms with Crippen LogP contribution in [0.15, 0.2) is 61.4 Å². The summed E-state index contributed by atoms with van der Waals surface area (Å²) in [6.45, 7) is 0. The molecule has 7 heteroatoms. The van der Waals surface area contributed by atoms with E-state index in [1.807, 2.05) is 36.4 Å². The standard InChI is InChI=1S/C15H11Br2N3OS/c16-10-3-1-2-9(6-10)8-22-15-19-13-5-4-11(17)7-12(13)14(21)20(15)18/h1-7H,8,18H2. The fourth-order valence-corrected chi connectivity index (χ4v) is 3.70. The molecule has 3 rings (SSSR count). The lowest BCUT2D eigenvalue weighted by Crippen LogP contribution is -2.29. The van der Waals surface area contributed by atoms with E-state index >= 15 is 0 Å². The van der Waals surface area contributed by atoms with Crippen LogP contribution in [0.1, 0.15) is 5.56 Å². The lowest BCUT2D eigenvalue weighted by molar-refractivity contribution is 0.779. The Balaban J connectivity index is 1.96. The Hall–Kier alpha value is -1.31. The Bertz CT molecular complexity index is 911. The van der Waals surface area contributed by atoms with E-state index < -0.39 is 0 Å². The Morgan fingerprint density at radius 2 is 1.91 bits per heavy atom. The van der Waals surface area contributed by atoms with E-state index in [1.165, 1.54) is 11.8 Å². The Labute approximate surface area is 148 Å². The van der Waals surface area contributed by atoms with Gasteiger partial charge in [-0.15, -0.1) is 0 Å². The maximum absolute atomic E-state index is 12.3. The number of nitrogens with two attached hydrogens (primary N) is 1. The number of aromatic nitrogens is 2. The second-order valence-electron chi connectivity index (χ2n) is 4.65. The molecule has 0 unspecified atom stereocenters. The number of halogens is 2. The zero-order chi connectivity index (χ0) is 15.7. The van der Waals surface area contributed by atoms with E-state index in [0.717, 1.165) is 19.2 Å². The molecule has 1 aromatic heterocycles. The molecular formula is C15H11Br2N3OS. The third kappa shape index (κ3) is 3.21. The molecule has 0 aliphatic heterocycles. The quantitative estimate of drug-likeness (QED) is 0.380. The summed E-state index contributed by atoms with van der Waals surface area (Å²) >= 11 is 8.23. The maximum Gasteiger partial charge on any atom is 0.280 e. The van der Waals surface area contributed by atoms with Crippen LogP contribution in [0.2, 0.25) is 0 Å². The highest BCUT2D eigenvalue weighted by atomic mass is 79.9. The van der Waals surface area contributed by atoms with Crippen LogP contribution in [0.3, 0.4) is 0 Å². The zero-order valence-corrected chi connectivity index (χ0v) is 15.3. The summed E-state index contributed by atoms with van der Waals surface area (Å²) in [6, 6.07) is 13.4.